The van der Waals surface area contributed by atoms with Crippen LogP contribution in [-0.2, 0) is 27.5 Å². The molecular formula is C19H20F3NO3. The third kappa shape index (κ3) is 3.75. The number of nitrogens with zero attached hydrogens (tertiary/aromatic N) is 1. The molecule has 0 radical (unpaired) electrons. The van der Waals surface area contributed by atoms with Crippen LogP contribution in [0.5, 0.6) is 0 Å². The number of halogens is 3. The monoisotopic (exact) mass is 367 g/mol. The van der Waals surface area contributed by atoms with Gasteiger partial charge in [0.25, 0.3) is 0 Å². The highest BCUT2D eigenvalue weighted by molar-refractivity contribution is 5.78. The van der Waals surface area contributed by atoms with Gasteiger partial charge in [-0.25, -0.2) is 13.2 Å². The number of allylic oxidation sites excluding steroid dienone is 2. The van der Waals surface area contributed by atoms with Gasteiger partial charge in [0.2, 0.25) is 0 Å². The van der Waals surface area contributed by atoms with Gasteiger partial charge in [0.15, 0.2) is 11.6 Å². The second-order valence-electron chi connectivity index (χ2n) is 6.95. The van der Waals surface area contributed by atoms with Crippen LogP contribution in [0.2, 0.25) is 0 Å². The van der Waals surface area contributed by atoms with Crippen molar-refractivity contribution in [3.05, 3.63) is 46.3 Å². The summed E-state index contributed by atoms with van der Waals surface area (Å²) in [5, 5.41) is 8.84. The average molecular weight is 367 g/mol. The van der Waals surface area contributed by atoms with Gasteiger partial charge in [-0.15, -0.1) is 0 Å². The first-order valence-corrected chi connectivity index (χ1v) is 8.04. The van der Waals surface area contributed by atoms with Gasteiger partial charge in [0.05, 0.1) is 24.2 Å². The van der Waals surface area contributed by atoms with Crippen molar-refractivity contribution in [2.75, 3.05) is 7.11 Å². The molecule has 7 heteroatoms. The molecule has 0 unspecified atom stereocenters. The molecule has 0 bridgehead atoms. The number of esters is 1. The van der Waals surface area contributed by atoms with Crippen LogP contribution in [-0.4, -0.2) is 13.1 Å². The van der Waals surface area contributed by atoms with E-state index in [1.54, 1.807) is 13.0 Å². The van der Waals surface area contributed by atoms with Crippen molar-refractivity contribution in [2.24, 2.45) is 17.3 Å². The lowest BCUT2D eigenvalue weighted by atomic mass is 10.1. The summed E-state index contributed by atoms with van der Waals surface area (Å²) in [7, 11) is 1.28. The minimum Gasteiger partial charge on any atom is -0.460 e. The van der Waals surface area contributed by atoms with E-state index in [0.29, 0.717) is 5.57 Å². The Morgan fingerprint density at radius 1 is 1.31 bits per heavy atom. The van der Waals surface area contributed by atoms with Crippen molar-refractivity contribution in [3.63, 3.8) is 0 Å². The fourth-order valence-corrected chi connectivity index (χ4v) is 3.05. The van der Waals surface area contributed by atoms with Crippen LogP contribution >= 0.6 is 0 Å². The maximum atomic E-state index is 14.1. The van der Waals surface area contributed by atoms with Gasteiger partial charge in [-0.3, -0.25) is 4.79 Å². The zero-order valence-electron chi connectivity index (χ0n) is 15.0. The molecule has 1 aromatic carbocycles. The quantitative estimate of drug-likeness (QED) is 0.433. The molecular weight excluding hydrogens is 347 g/mol. The molecule has 0 aromatic heterocycles. The fraction of sp³-hybridized carbons (Fsp3) is 0.474. The SMILES string of the molecule is COCc1cc(F)c(COC(=O)[C@@H]2[C@@H](/C=C(/C)C#N)C2(C)C)c(F)c1F. The number of hydrogen-bond acceptors (Lipinski definition) is 4. The van der Waals surface area contributed by atoms with E-state index in [0.717, 1.165) is 6.07 Å². The van der Waals surface area contributed by atoms with E-state index in [4.69, 9.17) is 10.00 Å². The van der Waals surface area contributed by atoms with E-state index in [9.17, 15) is 18.0 Å². The highest BCUT2D eigenvalue weighted by Crippen LogP contribution is 2.59. The standard InChI is InChI=1S/C19H20F3NO3/c1-10(7-23)5-13-15(19(13,2)3)18(24)26-9-12-14(20)6-11(8-25-4)16(21)17(12)22/h5-6,13,15H,8-9H2,1-4H3/b10-5-/t13-,15+/m1/s1. The lowest BCUT2D eigenvalue weighted by Crippen LogP contribution is -2.13. The van der Waals surface area contributed by atoms with Crippen molar-refractivity contribution < 1.29 is 27.4 Å². The molecule has 2 atom stereocenters. The molecule has 26 heavy (non-hydrogen) atoms. The maximum Gasteiger partial charge on any atom is 0.310 e. The van der Waals surface area contributed by atoms with Gasteiger partial charge in [0.1, 0.15) is 12.4 Å². The first-order chi connectivity index (χ1) is 12.1. The van der Waals surface area contributed by atoms with Gasteiger partial charge in [0, 0.05) is 18.2 Å². The Bertz CT molecular complexity index is 796. The van der Waals surface area contributed by atoms with Crippen LogP contribution < -0.4 is 0 Å². The van der Waals surface area contributed by atoms with Crippen molar-refractivity contribution in [3.8, 4) is 6.07 Å². The minimum atomic E-state index is -1.39. The minimum absolute atomic E-state index is 0.190. The summed E-state index contributed by atoms with van der Waals surface area (Å²) in [5.74, 6) is -4.97. The molecule has 0 aliphatic heterocycles. The molecule has 0 spiro atoms. The number of carbonyl (C=O) groups is 1. The lowest BCUT2D eigenvalue weighted by molar-refractivity contribution is -0.147. The highest BCUT2D eigenvalue weighted by atomic mass is 19.2. The van der Waals surface area contributed by atoms with Gasteiger partial charge in [-0.05, 0) is 24.3 Å². The summed E-state index contributed by atoms with van der Waals surface area (Å²) >= 11 is 0. The molecule has 2 rings (SSSR count). The number of benzene rings is 1. The second kappa shape index (κ2) is 7.50. The van der Waals surface area contributed by atoms with E-state index in [2.05, 4.69) is 4.74 Å². The first-order valence-electron chi connectivity index (χ1n) is 8.04. The Morgan fingerprint density at radius 3 is 2.54 bits per heavy atom. The predicted octanol–water partition coefficient (Wildman–Crippen LogP) is 4.04. The zero-order valence-corrected chi connectivity index (χ0v) is 15.0. The molecule has 0 amide bonds. The van der Waals surface area contributed by atoms with Gasteiger partial charge in [-0.1, -0.05) is 19.9 Å². The topological polar surface area (TPSA) is 59.3 Å². The largest absolute Gasteiger partial charge is 0.460 e. The summed E-state index contributed by atoms with van der Waals surface area (Å²) in [6.07, 6.45) is 1.69. The number of carbonyl (C=O) groups excluding carboxylic acids is 1. The van der Waals surface area contributed by atoms with Crippen molar-refractivity contribution in [1.82, 2.24) is 0 Å². The normalized spacial score (nSPS) is 21.2. The number of ether oxygens (including phenoxy) is 2. The van der Waals surface area contributed by atoms with Crippen LogP contribution in [0.4, 0.5) is 13.2 Å². The molecule has 1 saturated carbocycles. The smallest absolute Gasteiger partial charge is 0.310 e. The Morgan fingerprint density at radius 2 is 1.96 bits per heavy atom. The molecule has 1 aromatic rings. The van der Waals surface area contributed by atoms with Gasteiger partial charge >= 0.3 is 5.97 Å². The third-order valence-corrected chi connectivity index (χ3v) is 4.76. The molecule has 0 saturated heterocycles. The fourth-order valence-electron chi connectivity index (χ4n) is 3.05. The first kappa shape index (κ1) is 20.0. The average Bonchev–Trinajstić information content (AvgIpc) is 3.12. The molecule has 1 fully saturated rings. The van der Waals surface area contributed by atoms with Crippen LogP contribution in [0.1, 0.15) is 31.9 Å². The van der Waals surface area contributed by atoms with E-state index < -0.39 is 46.9 Å². The zero-order chi connectivity index (χ0) is 19.6. The van der Waals surface area contributed by atoms with Crippen molar-refractivity contribution in [1.29, 1.82) is 5.26 Å². The van der Waals surface area contributed by atoms with Crippen LogP contribution in [0.15, 0.2) is 17.7 Å². The lowest BCUT2D eigenvalue weighted by Gasteiger charge is -2.11. The Kier molecular flexibility index (Phi) is 5.77. The Labute approximate surface area is 150 Å². The Hall–Kier alpha value is -2.33. The molecule has 4 nitrogen and oxygen atoms in total. The van der Waals surface area contributed by atoms with E-state index in [1.807, 2.05) is 19.9 Å². The molecule has 1 aliphatic carbocycles. The van der Waals surface area contributed by atoms with Crippen LogP contribution in [0.3, 0.4) is 0 Å². The van der Waals surface area contributed by atoms with E-state index >= 15 is 0 Å². The molecule has 0 heterocycles. The summed E-state index contributed by atoms with van der Waals surface area (Å²) in [5.41, 5.74) is -0.835. The number of methoxy groups -OCH3 is 1. The van der Waals surface area contributed by atoms with Crippen LogP contribution in [0.25, 0.3) is 0 Å². The number of hydrogen-bond donors (Lipinski definition) is 0. The third-order valence-electron chi connectivity index (χ3n) is 4.76. The molecule has 1 aliphatic rings. The Balaban J connectivity index is 2.12. The summed E-state index contributed by atoms with van der Waals surface area (Å²) in [4.78, 5) is 12.3. The van der Waals surface area contributed by atoms with Gasteiger partial charge < -0.3 is 9.47 Å². The molecule has 140 valence electrons. The van der Waals surface area contributed by atoms with Crippen molar-refractivity contribution >= 4 is 5.97 Å². The number of rotatable bonds is 6. The van der Waals surface area contributed by atoms with Gasteiger partial charge in [-0.2, -0.15) is 5.26 Å². The van der Waals surface area contributed by atoms with E-state index in [-0.39, 0.29) is 18.1 Å². The van der Waals surface area contributed by atoms with E-state index in [1.165, 1.54) is 7.11 Å². The predicted molar refractivity (Wildman–Crippen MR) is 87.0 cm³/mol. The van der Waals surface area contributed by atoms with Crippen molar-refractivity contribution in [2.45, 2.75) is 34.0 Å². The highest BCUT2D eigenvalue weighted by Gasteiger charge is 2.61. The summed E-state index contributed by atoms with van der Waals surface area (Å²) in [6.45, 7) is 4.32. The van der Waals surface area contributed by atoms with Crippen LogP contribution in [0, 0.1) is 46.0 Å². The summed E-state index contributed by atoms with van der Waals surface area (Å²) < 4.78 is 51.7. The summed E-state index contributed by atoms with van der Waals surface area (Å²) in [6, 6.07) is 2.81. The molecule has 0 N–H and O–H groups in total. The maximum absolute atomic E-state index is 14.1. The second-order valence-corrected chi connectivity index (χ2v) is 6.95. The number of nitriles is 1.